The zero-order chi connectivity index (χ0) is 11.4. The summed E-state index contributed by atoms with van der Waals surface area (Å²) >= 11 is 0. The SMILES string of the molecule is NC(=O)C1(S(=O)(=O)C2CC2)CC1C(F)F. The first-order valence-corrected chi connectivity index (χ1v) is 6.20. The van der Waals surface area contributed by atoms with Crippen LogP contribution in [-0.4, -0.2) is 30.7 Å². The Morgan fingerprint density at radius 1 is 1.40 bits per heavy atom. The van der Waals surface area contributed by atoms with Gasteiger partial charge in [-0.3, -0.25) is 4.79 Å². The number of amides is 1. The molecule has 0 aromatic carbocycles. The number of alkyl halides is 2. The molecule has 0 aromatic heterocycles. The number of carbonyl (C=O) groups is 1. The van der Waals surface area contributed by atoms with Gasteiger partial charge in [0.2, 0.25) is 12.3 Å². The van der Waals surface area contributed by atoms with Gasteiger partial charge < -0.3 is 5.73 Å². The molecule has 2 saturated carbocycles. The van der Waals surface area contributed by atoms with Crippen LogP contribution in [0.5, 0.6) is 0 Å². The molecule has 2 N–H and O–H groups in total. The average molecular weight is 239 g/mol. The van der Waals surface area contributed by atoms with E-state index in [1.807, 2.05) is 0 Å². The molecule has 0 radical (unpaired) electrons. The van der Waals surface area contributed by atoms with Gasteiger partial charge in [-0.2, -0.15) is 0 Å². The van der Waals surface area contributed by atoms with E-state index < -0.39 is 38.1 Å². The van der Waals surface area contributed by atoms with Gasteiger partial charge in [-0.25, -0.2) is 17.2 Å². The minimum atomic E-state index is -3.80. The number of carbonyl (C=O) groups excluding carboxylic acids is 1. The average Bonchev–Trinajstić information content (AvgIpc) is 2.99. The van der Waals surface area contributed by atoms with Crippen LogP contribution in [0.1, 0.15) is 19.3 Å². The van der Waals surface area contributed by atoms with Crippen LogP contribution in [0, 0.1) is 5.92 Å². The predicted octanol–water partition coefficient (Wildman–Crippen LogP) is 0.0727. The van der Waals surface area contributed by atoms with E-state index in [9.17, 15) is 22.0 Å². The van der Waals surface area contributed by atoms with Gasteiger partial charge in [0.1, 0.15) is 0 Å². The van der Waals surface area contributed by atoms with Gasteiger partial charge in [0.15, 0.2) is 14.6 Å². The highest BCUT2D eigenvalue weighted by atomic mass is 32.2. The van der Waals surface area contributed by atoms with Crippen molar-refractivity contribution in [3.05, 3.63) is 0 Å². The van der Waals surface area contributed by atoms with Crippen LogP contribution in [-0.2, 0) is 14.6 Å². The van der Waals surface area contributed by atoms with E-state index in [1.54, 1.807) is 0 Å². The number of primary amides is 1. The van der Waals surface area contributed by atoms with Crippen LogP contribution in [0.15, 0.2) is 0 Å². The summed E-state index contributed by atoms with van der Waals surface area (Å²) in [7, 11) is -3.80. The summed E-state index contributed by atoms with van der Waals surface area (Å²) in [6, 6.07) is 0. The Labute approximate surface area is 85.7 Å². The predicted molar refractivity (Wildman–Crippen MR) is 48.0 cm³/mol. The summed E-state index contributed by atoms with van der Waals surface area (Å²) in [5.41, 5.74) is 4.96. The van der Waals surface area contributed by atoms with E-state index in [1.165, 1.54) is 0 Å². The third kappa shape index (κ3) is 1.28. The largest absolute Gasteiger partial charge is 0.368 e. The fourth-order valence-electron chi connectivity index (χ4n) is 1.99. The Bertz CT molecular complexity index is 404. The van der Waals surface area contributed by atoms with Gasteiger partial charge >= 0.3 is 0 Å². The van der Waals surface area contributed by atoms with Crippen LogP contribution in [0.2, 0.25) is 0 Å². The molecule has 15 heavy (non-hydrogen) atoms. The lowest BCUT2D eigenvalue weighted by atomic mass is 10.3. The second kappa shape index (κ2) is 2.90. The topological polar surface area (TPSA) is 77.2 Å². The first kappa shape index (κ1) is 10.8. The third-order valence-electron chi connectivity index (χ3n) is 3.15. The highest BCUT2D eigenvalue weighted by Gasteiger charge is 2.73. The van der Waals surface area contributed by atoms with Gasteiger partial charge in [-0.1, -0.05) is 0 Å². The number of sulfone groups is 1. The first-order chi connectivity index (χ1) is 6.84. The molecule has 0 heterocycles. The number of hydrogen-bond donors (Lipinski definition) is 1. The smallest absolute Gasteiger partial charge is 0.243 e. The molecule has 2 aliphatic rings. The van der Waals surface area contributed by atoms with Crippen LogP contribution in [0.4, 0.5) is 8.78 Å². The van der Waals surface area contributed by atoms with Crippen LogP contribution in [0.25, 0.3) is 0 Å². The summed E-state index contributed by atoms with van der Waals surface area (Å²) in [5.74, 6) is -2.53. The highest BCUT2D eigenvalue weighted by Crippen LogP contribution is 2.57. The van der Waals surface area contributed by atoms with Crippen LogP contribution in [0.3, 0.4) is 0 Å². The van der Waals surface area contributed by atoms with E-state index in [0.717, 1.165) is 0 Å². The fraction of sp³-hybridized carbons (Fsp3) is 0.875. The maximum atomic E-state index is 12.4. The maximum Gasteiger partial charge on any atom is 0.243 e. The van der Waals surface area contributed by atoms with Crippen molar-refractivity contribution >= 4 is 15.7 Å². The molecule has 2 rings (SSSR count). The van der Waals surface area contributed by atoms with Gasteiger partial charge in [-0.05, 0) is 19.3 Å². The van der Waals surface area contributed by atoms with Crippen molar-refractivity contribution in [3.63, 3.8) is 0 Å². The van der Waals surface area contributed by atoms with Crippen molar-refractivity contribution in [3.8, 4) is 0 Å². The number of nitrogens with two attached hydrogens (primary N) is 1. The van der Waals surface area contributed by atoms with E-state index in [0.29, 0.717) is 12.8 Å². The van der Waals surface area contributed by atoms with Crippen molar-refractivity contribution in [2.75, 3.05) is 0 Å². The molecule has 7 heteroatoms. The van der Waals surface area contributed by atoms with Crippen molar-refractivity contribution < 1.29 is 22.0 Å². The number of halogens is 2. The van der Waals surface area contributed by atoms with Crippen LogP contribution >= 0.6 is 0 Å². The lowest BCUT2D eigenvalue weighted by Gasteiger charge is -2.13. The molecule has 0 bridgehead atoms. The maximum absolute atomic E-state index is 12.4. The Morgan fingerprint density at radius 2 is 1.93 bits per heavy atom. The molecule has 4 nitrogen and oxygen atoms in total. The molecular formula is C8H11F2NO3S. The summed E-state index contributed by atoms with van der Waals surface area (Å²) in [4.78, 5) is 11.1. The van der Waals surface area contributed by atoms with E-state index >= 15 is 0 Å². The zero-order valence-electron chi connectivity index (χ0n) is 7.82. The quantitative estimate of drug-likeness (QED) is 0.754. The van der Waals surface area contributed by atoms with E-state index in [2.05, 4.69) is 0 Å². The molecule has 86 valence electrons. The Kier molecular flexibility index (Phi) is 2.09. The van der Waals surface area contributed by atoms with Crippen molar-refractivity contribution in [1.29, 1.82) is 0 Å². The minimum Gasteiger partial charge on any atom is -0.368 e. The van der Waals surface area contributed by atoms with Gasteiger partial charge in [0.25, 0.3) is 0 Å². The lowest BCUT2D eigenvalue weighted by molar-refractivity contribution is -0.119. The lowest BCUT2D eigenvalue weighted by Crippen LogP contribution is -2.43. The second-order valence-corrected chi connectivity index (χ2v) is 6.63. The summed E-state index contributed by atoms with van der Waals surface area (Å²) in [6.07, 6.45) is -2.22. The summed E-state index contributed by atoms with van der Waals surface area (Å²) in [5, 5.41) is -0.631. The fourth-order valence-corrected chi connectivity index (χ4v) is 4.56. The Hall–Kier alpha value is -0.720. The molecule has 0 spiro atoms. The van der Waals surface area contributed by atoms with Gasteiger partial charge in [0.05, 0.1) is 11.2 Å². The second-order valence-electron chi connectivity index (χ2n) is 4.14. The monoisotopic (exact) mass is 239 g/mol. The van der Waals surface area contributed by atoms with Gasteiger partial charge in [0, 0.05) is 0 Å². The van der Waals surface area contributed by atoms with E-state index in [4.69, 9.17) is 5.73 Å². The van der Waals surface area contributed by atoms with Gasteiger partial charge in [-0.15, -0.1) is 0 Å². The number of rotatable bonds is 4. The summed E-state index contributed by atoms with van der Waals surface area (Å²) in [6.45, 7) is 0. The summed E-state index contributed by atoms with van der Waals surface area (Å²) < 4.78 is 46.5. The first-order valence-electron chi connectivity index (χ1n) is 4.65. The molecule has 0 aromatic rings. The standard InChI is InChI=1S/C8H11F2NO3S/c9-6(10)5-3-8(5,7(11)12)15(13,14)4-1-2-4/h4-6H,1-3H2,(H2,11,12). The minimum absolute atomic E-state index is 0.321. The molecule has 2 fully saturated rings. The van der Waals surface area contributed by atoms with Crippen LogP contribution < -0.4 is 5.73 Å². The van der Waals surface area contributed by atoms with Crippen molar-refractivity contribution in [2.24, 2.45) is 11.7 Å². The molecular weight excluding hydrogens is 228 g/mol. The molecule has 2 unspecified atom stereocenters. The number of hydrogen-bond acceptors (Lipinski definition) is 3. The zero-order valence-corrected chi connectivity index (χ0v) is 8.64. The molecule has 1 amide bonds. The Morgan fingerprint density at radius 3 is 2.20 bits per heavy atom. The molecule has 2 aliphatic carbocycles. The van der Waals surface area contributed by atoms with Crippen molar-refractivity contribution in [2.45, 2.75) is 35.7 Å². The molecule has 0 saturated heterocycles. The molecule has 2 atom stereocenters. The Balaban J connectivity index is 2.35. The normalized spacial score (nSPS) is 35.5. The highest BCUT2D eigenvalue weighted by molar-refractivity contribution is 7.94. The van der Waals surface area contributed by atoms with Crippen molar-refractivity contribution in [1.82, 2.24) is 0 Å². The van der Waals surface area contributed by atoms with E-state index in [-0.39, 0.29) is 6.42 Å². The third-order valence-corrected chi connectivity index (χ3v) is 6.19. The molecule has 0 aliphatic heterocycles.